The number of pyridine rings is 1. The molecule has 0 atom stereocenters. The molecule has 0 unspecified atom stereocenters. The summed E-state index contributed by atoms with van der Waals surface area (Å²) in [4.78, 5) is 25.7. The number of hydrogen-bond donors (Lipinski definition) is 3. The molecule has 0 radical (unpaired) electrons. The van der Waals surface area contributed by atoms with Crippen LogP contribution in [0.3, 0.4) is 0 Å². The van der Waals surface area contributed by atoms with Gasteiger partial charge in [-0.15, -0.1) is 0 Å². The van der Waals surface area contributed by atoms with Gasteiger partial charge >= 0.3 is 0 Å². The molecule has 1 fully saturated rings. The topological polar surface area (TPSA) is 120 Å². The summed E-state index contributed by atoms with van der Waals surface area (Å²) in [5, 5.41) is 3.13. The van der Waals surface area contributed by atoms with Gasteiger partial charge in [0.15, 0.2) is 0 Å². The highest BCUT2D eigenvalue weighted by Crippen LogP contribution is 2.33. The van der Waals surface area contributed by atoms with Gasteiger partial charge in [-0.25, -0.2) is 15.0 Å². The number of hydrogen-bond acceptors (Lipinski definition) is 6. The Balaban J connectivity index is 1.74. The third kappa shape index (κ3) is 4.03. The molecule has 4 rings (SSSR count). The quantitative estimate of drug-likeness (QED) is 0.630. The second kappa shape index (κ2) is 7.87. The number of nitrogen functional groups attached to an aromatic ring is 2. The summed E-state index contributed by atoms with van der Waals surface area (Å²) in [6, 6.07) is 11.3. The van der Waals surface area contributed by atoms with Crippen LogP contribution in [0.4, 0.5) is 11.8 Å². The first-order valence-corrected chi connectivity index (χ1v) is 9.78. The summed E-state index contributed by atoms with van der Waals surface area (Å²) < 4.78 is 0. The Morgan fingerprint density at radius 2 is 1.86 bits per heavy atom. The molecule has 2 aromatic heterocycles. The van der Waals surface area contributed by atoms with Crippen molar-refractivity contribution in [3.63, 3.8) is 0 Å². The molecule has 1 aliphatic carbocycles. The largest absolute Gasteiger partial charge is 0.384 e. The molecule has 0 aliphatic heterocycles. The maximum absolute atomic E-state index is 12.7. The van der Waals surface area contributed by atoms with E-state index in [9.17, 15) is 4.79 Å². The van der Waals surface area contributed by atoms with Crippen LogP contribution >= 0.6 is 0 Å². The molecule has 3 aromatic rings. The first kappa shape index (κ1) is 18.9. The van der Waals surface area contributed by atoms with E-state index in [1.807, 2.05) is 37.3 Å². The van der Waals surface area contributed by atoms with Gasteiger partial charge in [0, 0.05) is 34.5 Å². The number of carbonyl (C=O) groups excluding carboxylic acids is 1. The van der Waals surface area contributed by atoms with Crippen LogP contribution in [-0.4, -0.2) is 26.9 Å². The number of aryl methyl sites for hydroxylation is 1. The second-order valence-electron chi connectivity index (χ2n) is 7.40. The number of benzene rings is 1. The lowest BCUT2D eigenvalue weighted by Crippen LogP contribution is -2.32. The molecule has 7 nitrogen and oxygen atoms in total. The van der Waals surface area contributed by atoms with Gasteiger partial charge in [0.25, 0.3) is 5.91 Å². The smallest absolute Gasteiger partial charge is 0.251 e. The maximum atomic E-state index is 12.7. The molecule has 1 aromatic carbocycles. The van der Waals surface area contributed by atoms with Gasteiger partial charge in [0.1, 0.15) is 5.82 Å². The van der Waals surface area contributed by atoms with E-state index in [1.165, 1.54) is 12.8 Å². The Kier molecular flexibility index (Phi) is 5.12. The minimum absolute atomic E-state index is 0.0619. The van der Waals surface area contributed by atoms with Crippen molar-refractivity contribution in [2.75, 3.05) is 11.5 Å². The summed E-state index contributed by atoms with van der Waals surface area (Å²) in [6.07, 6.45) is 6.12. The van der Waals surface area contributed by atoms with Crippen molar-refractivity contribution in [2.24, 2.45) is 0 Å². The lowest BCUT2D eigenvalue weighted by Gasteiger charge is -2.15. The van der Waals surface area contributed by atoms with Crippen LogP contribution in [-0.2, 0) is 0 Å². The molecule has 7 heteroatoms. The number of nitrogens with two attached hydrogens (primary N) is 2. The van der Waals surface area contributed by atoms with Gasteiger partial charge < -0.3 is 16.8 Å². The van der Waals surface area contributed by atoms with Crippen LogP contribution in [0.5, 0.6) is 0 Å². The molecule has 1 amide bonds. The molecular formula is C22H24N6O. The van der Waals surface area contributed by atoms with Crippen molar-refractivity contribution >= 4 is 17.7 Å². The van der Waals surface area contributed by atoms with E-state index in [0.29, 0.717) is 17.1 Å². The highest BCUT2D eigenvalue weighted by Gasteiger charge is 2.20. The monoisotopic (exact) mass is 388 g/mol. The van der Waals surface area contributed by atoms with E-state index >= 15 is 0 Å². The third-order valence-electron chi connectivity index (χ3n) is 5.27. The Morgan fingerprint density at radius 1 is 1.07 bits per heavy atom. The molecule has 0 bridgehead atoms. The zero-order valence-electron chi connectivity index (χ0n) is 16.4. The Labute approximate surface area is 169 Å². The number of nitrogens with one attached hydrogen (secondary N) is 1. The maximum Gasteiger partial charge on any atom is 0.251 e. The first-order valence-electron chi connectivity index (χ1n) is 9.78. The molecule has 0 saturated heterocycles. The number of nitrogens with zero attached hydrogens (tertiary/aromatic N) is 3. The standard InChI is InChI=1S/C22H24N6O/c1-13-19(16-9-10-18(23)25-12-16)20(28-22(24)26-13)14-5-4-6-15(11-14)21(29)27-17-7-2-3-8-17/h4-6,9-12,17H,2-3,7-8H2,1H3,(H2,23,25)(H,27,29)(H2,24,26,28). The van der Waals surface area contributed by atoms with Crippen LogP contribution in [0.15, 0.2) is 42.6 Å². The van der Waals surface area contributed by atoms with Crippen LogP contribution in [0.2, 0.25) is 0 Å². The predicted molar refractivity (Wildman–Crippen MR) is 114 cm³/mol. The van der Waals surface area contributed by atoms with Crippen molar-refractivity contribution < 1.29 is 4.79 Å². The molecule has 2 heterocycles. The van der Waals surface area contributed by atoms with Crippen molar-refractivity contribution in [1.29, 1.82) is 0 Å². The average molecular weight is 388 g/mol. The summed E-state index contributed by atoms with van der Waals surface area (Å²) in [6.45, 7) is 1.88. The van der Waals surface area contributed by atoms with Gasteiger partial charge in [-0.05, 0) is 44.0 Å². The van der Waals surface area contributed by atoms with Gasteiger partial charge in [0.05, 0.1) is 11.4 Å². The SMILES string of the molecule is Cc1nc(N)nc(-c2cccc(C(=O)NC3CCCC3)c2)c1-c1ccc(N)nc1. The van der Waals surface area contributed by atoms with Crippen molar-refractivity contribution in [1.82, 2.24) is 20.3 Å². The number of amides is 1. The molecule has 148 valence electrons. The number of rotatable bonds is 4. The molecule has 29 heavy (non-hydrogen) atoms. The lowest BCUT2D eigenvalue weighted by atomic mass is 9.97. The Hall–Kier alpha value is -3.48. The van der Waals surface area contributed by atoms with Crippen LogP contribution in [0, 0.1) is 6.92 Å². The van der Waals surface area contributed by atoms with Crippen LogP contribution in [0.25, 0.3) is 22.4 Å². The van der Waals surface area contributed by atoms with Crippen LogP contribution < -0.4 is 16.8 Å². The van der Waals surface area contributed by atoms with Crippen molar-refractivity contribution in [2.45, 2.75) is 38.6 Å². The summed E-state index contributed by atoms with van der Waals surface area (Å²) in [5.41, 5.74) is 16.1. The van der Waals surface area contributed by atoms with E-state index in [-0.39, 0.29) is 17.9 Å². The van der Waals surface area contributed by atoms with Gasteiger partial charge in [-0.1, -0.05) is 25.0 Å². The lowest BCUT2D eigenvalue weighted by molar-refractivity contribution is 0.0938. The van der Waals surface area contributed by atoms with Crippen LogP contribution in [0.1, 0.15) is 41.7 Å². The fourth-order valence-corrected chi connectivity index (χ4v) is 3.85. The summed E-state index contributed by atoms with van der Waals surface area (Å²) in [7, 11) is 0. The average Bonchev–Trinajstić information content (AvgIpc) is 3.21. The summed E-state index contributed by atoms with van der Waals surface area (Å²) >= 11 is 0. The fourth-order valence-electron chi connectivity index (χ4n) is 3.85. The highest BCUT2D eigenvalue weighted by atomic mass is 16.1. The van der Waals surface area contributed by atoms with E-state index in [4.69, 9.17) is 11.5 Å². The Morgan fingerprint density at radius 3 is 2.59 bits per heavy atom. The fraction of sp³-hybridized carbons (Fsp3) is 0.273. The molecular weight excluding hydrogens is 364 g/mol. The Bertz CT molecular complexity index is 1040. The van der Waals surface area contributed by atoms with E-state index in [1.54, 1.807) is 12.3 Å². The van der Waals surface area contributed by atoms with E-state index < -0.39 is 0 Å². The number of anilines is 2. The van der Waals surface area contributed by atoms with Crippen molar-refractivity contribution in [3.05, 3.63) is 53.9 Å². The summed E-state index contributed by atoms with van der Waals surface area (Å²) in [5.74, 6) is 0.563. The molecule has 0 spiro atoms. The predicted octanol–water partition coefficient (Wildman–Crippen LogP) is 3.35. The number of aromatic nitrogens is 3. The zero-order chi connectivity index (χ0) is 20.4. The first-order chi connectivity index (χ1) is 14.0. The second-order valence-corrected chi connectivity index (χ2v) is 7.40. The molecule has 1 aliphatic rings. The zero-order valence-corrected chi connectivity index (χ0v) is 16.4. The third-order valence-corrected chi connectivity index (χ3v) is 5.27. The molecule has 1 saturated carbocycles. The van der Waals surface area contributed by atoms with E-state index in [0.717, 1.165) is 35.2 Å². The van der Waals surface area contributed by atoms with Gasteiger partial charge in [-0.3, -0.25) is 4.79 Å². The van der Waals surface area contributed by atoms with Crippen molar-refractivity contribution in [3.8, 4) is 22.4 Å². The highest BCUT2D eigenvalue weighted by molar-refractivity contribution is 5.96. The number of carbonyl (C=O) groups is 1. The van der Waals surface area contributed by atoms with Gasteiger partial charge in [-0.2, -0.15) is 0 Å². The molecule has 5 N–H and O–H groups in total. The minimum atomic E-state index is -0.0619. The van der Waals surface area contributed by atoms with Gasteiger partial charge in [0.2, 0.25) is 5.95 Å². The van der Waals surface area contributed by atoms with E-state index in [2.05, 4.69) is 20.3 Å². The normalized spacial score (nSPS) is 14.1. The minimum Gasteiger partial charge on any atom is -0.384 e.